The molecule has 0 saturated heterocycles. The van der Waals surface area contributed by atoms with Crippen LogP contribution in [0.5, 0.6) is 0 Å². The molecule has 4 rings (SSSR count). The van der Waals surface area contributed by atoms with Gasteiger partial charge in [-0.2, -0.15) is 0 Å². The second kappa shape index (κ2) is 7.33. The number of hydrogen-bond donors (Lipinski definition) is 0. The monoisotopic (exact) mass is 416 g/mol. The number of para-hydroxylation sites is 1. The van der Waals surface area contributed by atoms with Gasteiger partial charge in [0.2, 0.25) is 0 Å². The van der Waals surface area contributed by atoms with Gasteiger partial charge in [0.1, 0.15) is 11.5 Å². The number of carbonyl (C=O) groups is 1. The second-order valence-electron chi connectivity index (χ2n) is 6.36. The van der Waals surface area contributed by atoms with Crippen molar-refractivity contribution in [2.75, 3.05) is 4.90 Å². The summed E-state index contributed by atoms with van der Waals surface area (Å²) in [6, 6.07) is 25.5. The van der Waals surface area contributed by atoms with Gasteiger partial charge in [0.25, 0.3) is 5.91 Å². The van der Waals surface area contributed by atoms with Crippen LogP contribution in [-0.4, -0.2) is 11.7 Å². The average molecular weight is 417 g/mol. The van der Waals surface area contributed by atoms with Gasteiger partial charge in [-0.15, -0.1) is 0 Å². The largest absolute Gasteiger partial charge is 0.282 e. The summed E-state index contributed by atoms with van der Waals surface area (Å²) in [6.07, 6.45) is 1.84. The molecule has 0 atom stereocenters. The number of amidine groups is 1. The predicted octanol–water partition coefficient (Wildman–Crippen LogP) is 5.59. The molecule has 1 amide bonds. The molecule has 0 radical (unpaired) electrons. The Kier molecular flexibility index (Phi) is 4.73. The number of amides is 1. The molecule has 1 heterocycles. The van der Waals surface area contributed by atoms with E-state index < -0.39 is 0 Å². The molecule has 0 fully saturated rings. The molecule has 0 spiro atoms. The first-order valence-electron chi connectivity index (χ1n) is 8.64. The Morgan fingerprint density at radius 2 is 1.56 bits per heavy atom. The van der Waals surface area contributed by atoms with Crippen LogP contribution in [0, 0.1) is 6.92 Å². The Morgan fingerprint density at radius 1 is 0.889 bits per heavy atom. The molecule has 0 bridgehead atoms. The van der Waals surface area contributed by atoms with Gasteiger partial charge in [-0.05, 0) is 42.8 Å². The molecule has 1 aliphatic rings. The summed E-state index contributed by atoms with van der Waals surface area (Å²) in [5, 5.41) is 0. The lowest BCUT2D eigenvalue weighted by atomic mass is 10.1. The molecular formula is C23H17BrN2O. The fourth-order valence-corrected chi connectivity index (χ4v) is 3.21. The minimum Gasteiger partial charge on any atom is -0.266 e. The Balaban J connectivity index is 1.81. The first kappa shape index (κ1) is 17.4. The number of aryl methyl sites for hydroxylation is 1. The highest BCUT2D eigenvalue weighted by molar-refractivity contribution is 9.10. The van der Waals surface area contributed by atoms with E-state index in [9.17, 15) is 4.79 Å². The molecule has 132 valence electrons. The van der Waals surface area contributed by atoms with Crippen molar-refractivity contribution >= 4 is 39.4 Å². The quantitative estimate of drug-likeness (QED) is 0.512. The number of rotatable bonds is 3. The first-order chi connectivity index (χ1) is 13.1. The standard InChI is InChI=1S/C23H17BrN2O/c1-16-7-9-17(10-8-16)15-21-23(27)26(20-5-3-2-4-6-20)22(25-21)18-11-13-19(24)14-12-18/h2-15H,1H3/b21-15+. The number of hydrogen-bond acceptors (Lipinski definition) is 2. The van der Waals surface area contributed by atoms with Gasteiger partial charge in [0.05, 0.1) is 5.69 Å². The van der Waals surface area contributed by atoms with Gasteiger partial charge in [0, 0.05) is 10.0 Å². The van der Waals surface area contributed by atoms with Crippen molar-refractivity contribution in [1.29, 1.82) is 0 Å². The average Bonchev–Trinajstić information content (AvgIpc) is 3.01. The number of benzene rings is 3. The lowest BCUT2D eigenvalue weighted by molar-refractivity contribution is -0.113. The van der Waals surface area contributed by atoms with Gasteiger partial charge in [0.15, 0.2) is 0 Å². The van der Waals surface area contributed by atoms with Crippen molar-refractivity contribution in [3.05, 3.63) is 106 Å². The van der Waals surface area contributed by atoms with E-state index in [1.165, 1.54) is 5.56 Å². The van der Waals surface area contributed by atoms with Crippen LogP contribution in [0.2, 0.25) is 0 Å². The minimum atomic E-state index is -0.125. The van der Waals surface area contributed by atoms with Crippen LogP contribution in [-0.2, 0) is 4.79 Å². The van der Waals surface area contributed by atoms with Crippen molar-refractivity contribution in [2.45, 2.75) is 6.92 Å². The van der Waals surface area contributed by atoms with Gasteiger partial charge >= 0.3 is 0 Å². The van der Waals surface area contributed by atoms with Crippen molar-refractivity contribution < 1.29 is 4.79 Å². The zero-order valence-corrected chi connectivity index (χ0v) is 16.3. The molecule has 0 unspecified atom stereocenters. The Hall–Kier alpha value is -2.98. The third-order valence-electron chi connectivity index (χ3n) is 4.36. The third kappa shape index (κ3) is 3.62. The number of halogens is 1. The van der Waals surface area contributed by atoms with Crippen molar-refractivity contribution in [2.24, 2.45) is 4.99 Å². The lowest BCUT2D eigenvalue weighted by Crippen LogP contribution is -2.32. The van der Waals surface area contributed by atoms with Crippen LogP contribution in [0.25, 0.3) is 6.08 Å². The summed E-state index contributed by atoms with van der Waals surface area (Å²) in [6.45, 7) is 2.04. The van der Waals surface area contributed by atoms with E-state index in [-0.39, 0.29) is 5.91 Å². The van der Waals surface area contributed by atoms with Gasteiger partial charge in [-0.3, -0.25) is 9.69 Å². The van der Waals surface area contributed by atoms with Crippen molar-refractivity contribution in [1.82, 2.24) is 0 Å². The first-order valence-corrected chi connectivity index (χ1v) is 9.43. The van der Waals surface area contributed by atoms with Gasteiger partial charge < -0.3 is 0 Å². The van der Waals surface area contributed by atoms with Gasteiger partial charge in [-0.1, -0.05) is 76.1 Å². The Morgan fingerprint density at radius 3 is 2.22 bits per heavy atom. The van der Waals surface area contributed by atoms with E-state index in [0.29, 0.717) is 11.5 Å². The molecule has 0 saturated carbocycles. The van der Waals surface area contributed by atoms with Crippen LogP contribution in [0.3, 0.4) is 0 Å². The molecule has 0 N–H and O–H groups in total. The van der Waals surface area contributed by atoms with Crippen molar-refractivity contribution in [3.63, 3.8) is 0 Å². The van der Waals surface area contributed by atoms with E-state index >= 15 is 0 Å². The van der Waals surface area contributed by atoms with Crippen LogP contribution in [0.15, 0.2) is 94.0 Å². The third-order valence-corrected chi connectivity index (χ3v) is 4.89. The maximum absolute atomic E-state index is 13.2. The smallest absolute Gasteiger partial charge is 0.266 e. The maximum atomic E-state index is 13.2. The Labute approximate surface area is 166 Å². The molecule has 3 aromatic carbocycles. The summed E-state index contributed by atoms with van der Waals surface area (Å²) in [4.78, 5) is 19.5. The van der Waals surface area contributed by atoms with Crippen LogP contribution in [0.4, 0.5) is 5.69 Å². The molecule has 4 heteroatoms. The summed E-state index contributed by atoms with van der Waals surface area (Å²) < 4.78 is 0.984. The highest BCUT2D eigenvalue weighted by atomic mass is 79.9. The number of nitrogens with zero attached hydrogens (tertiary/aromatic N) is 2. The predicted molar refractivity (Wildman–Crippen MR) is 114 cm³/mol. The zero-order chi connectivity index (χ0) is 18.8. The van der Waals surface area contributed by atoms with E-state index in [0.717, 1.165) is 21.3 Å². The minimum absolute atomic E-state index is 0.125. The SMILES string of the molecule is Cc1ccc(/C=C2/N=C(c3ccc(Br)cc3)N(c3ccccc3)C2=O)cc1. The highest BCUT2D eigenvalue weighted by Gasteiger charge is 2.32. The molecule has 27 heavy (non-hydrogen) atoms. The normalized spacial score (nSPS) is 15.3. The molecule has 0 aromatic heterocycles. The maximum Gasteiger partial charge on any atom is 0.282 e. The van der Waals surface area contributed by atoms with E-state index in [1.54, 1.807) is 4.90 Å². The summed E-state index contributed by atoms with van der Waals surface area (Å²) in [5.74, 6) is 0.511. The fraction of sp³-hybridized carbons (Fsp3) is 0.0435. The van der Waals surface area contributed by atoms with E-state index in [1.807, 2.05) is 91.9 Å². The fourth-order valence-electron chi connectivity index (χ4n) is 2.95. The lowest BCUT2D eigenvalue weighted by Gasteiger charge is -2.18. The second-order valence-corrected chi connectivity index (χ2v) is 7.27. The number of carbonyl (C=O) groups excluding carboxylic acids is 1. The van der Waals surface area contributed by atoms with Crippen LogP contribution in [0.1, 0.15) is 16.7 Å². The molecule has 3 nitrogen and oxygen atoms in total. The number of aliphatic imine (C=N–C) groups is 1. The topological polar surface area (TPSA) is 32.7 Å². The zero-order valence-electron chi connectivity index (χ0n) is 14.8. The summed E-state index contributed by atoms with van der Waals surface area (Å²) in [5.41, 5.74) is 4.26. The van der Waals surface area contributed by atoms with Crippen LogP contribution >= 0.6 is 15.9 Å². The molecular weight excluding hydrogens is 400 g/mol. The molecule has 1 aliphatic heterocycles. The molecule has 0 aliphatic carbocycles. The highest BCUT2D eigenvalue weighted by Crippen LogP contribution is 2.28. The van der Waals surface area contributed by atoms with E-state index in [2.05, 4.69) is 20.9 Å². The Bertz CT molecular complexity index is 1040. The van der Waals surface area contributed by atoms with E-state index in [4.69, 9.17) is 0 Å². The summed E-state index contributed by atoms with van der Waals surface area (Å²) in [7, 11) is 0. The summed E-state index contributed by atoms with van der Waals surface area (Å²) >= 11 is 3.46. The van der Waals surface area contributed by atoms with Gasteiger partial charge in [-0.25, -0.2) is 4.99 Å². The number of anilines is 1. The van der Waals surface area contributed by atoms with Crippen LogP contribution < -0.4 is 4.90 Å². The van der Waals surface area contributed by atoms with Crippen molar-refractivity contribution in [3.8, 4) is 0 Å². The molecule has 3 aromatic rings.